The van der Waals surface area contributed by atoms with Crippen molar-refractivity contribution in [2.24, 2.45) is 0 Å². The standard InChI is InChI=1S/C20H14N4O/c25-20(24-19-7-3-4-10-22-19)16-13-18(14-8-11-21-12-9-14)23-17-6-2-1-5-15(16)17/h1-13H,(H,22,24,25). The van der Waals surface area contributed by atoms with E-state index in [9.17, 15) is 4.79 Å². The number of nitrogens with one attached hydrogen (secondary N) is 1. The third-order valence-electron chi connectivity index (χ3n) is 3.84. The highest BCUT2D eigenvalue weighted by Gasteiger charge is 2.14. The number of hydrogen-bond acceptors (Lipinski definition) is 4. The van der Waals surface area contributed by atoms with E-state index in [1.54, 1.807) is 36.8 Å². The molecule has 0 radical (unpaired) electrons. The zero-order chi connectivity index (χ0) is 17.1. The lowest BCUT2D eigenvalue weighted by Crippen LogP contribution is -2.14. The third kappa shape index (κ3) is 3.07. The second-order valence-corrected chi connectivity index (χ2v) is 5.48. The Labute approximate surface area is 144 Å². The number of para-hydroxylation sites is 1. The average Bonchev–Trinajstić information content (AvgIpc) is 2.68. The predicted octanol–water partition coefficient (Wildman–Crippen LogP) is 3.94. The number of aromatic nitrogens is 3. The molecule has 5 nitrogen and oxygen atoms in total. The van der Waals surface area contributed by atoms with Crippen LogP contribution in [0.4, 0.5) is 5.82 Å². The van der Waals surface area contributed by atoms with Gasteiger partial charge in [0, 0.05) is 29.5 Å². The van der Waals surface area contributed by atoms with Crippen LogP contribution in [0, 0.1) is 0 Å². The van der Waals surface area contributed by atoms with Crippen molar-refractivity contribution in [1.29, 1.82) is 0 Å². The molecule has 0 bridgehead atoms. The van der Waals surface area contributed by atoms with Crippen LogP contribution in [0.25, 0.3) is 22.2 Å². The second-order valence-electron chi connectivity index (χ2n) is 5.48. The minimum atomic E-state index is -0.215. The molecule has 0 aliphatic heterocycles. The van der Waals surface area contributed by atoms with Crippen LogP contribution in [0.5, 0.6) is 0 Å². The van der Waals surface area contributed by atoms with Crippen molar-refractivity contribution in [2.45, 2.75) is 0 Å². The van der Waals surface area contributed by atoms with E-state index in [0.717, 1.165) is 22.2 Å². The molecule has 5 heteroatoms. The molecule has 4 aromatic rings. The van der Waals surface area contributed by atoms with Gasteiger partial charge < -0.3 is 5.32 Å². The highest BCUT2D eigenvalue weighted by Crippen LogP contribution is 2.25. The third-order valence-corrected chi connectivity index (χ3v) is 3.84. The van der Waals surface area contributed by atoms with Crippen LogP contribution >= 0.6 is 0 Å². The molecule has 0 unspecified atom stereocenters. The van der Waals surface area contributed by atoms with Gasteiger partial charge in [0.15, 0.2) is 0 Å². The van der Waals surface area contributed by atoms with Gasteiger partial charge in [0.05, 0.1) is 16.8 Å². The zero-order valence-corrected chi connectivity index (χ0v) is 13.3. The zero-order valence-electron chi connectivity index (χ0n) is 13.3. The first kappa shape index (κ1) is 15.0. The van der Waals surface area contributed by atoms with Crippen molar-refractivity contribution in [1.82, 2.24) is 15.0 Å². The van der Waals surface area contributed by atoms with E-state index in [1.165, 1.54) is 0 Å². The maximum absolute atomic E-state index is 12.8. The molecule has 0 saturated heterocycles. The van der Waals surface area contributed by atoms with Crippen LogP contribution in [0.15, 0.2) is 79.3 Å². The molecule has 120 valence electrons. The van der Waals surface area contributed by atoms with Gasteiger partial charge in [0.1, 0.15) is 5.82 Å². The van der Waals surface area contributed by atoms with E-state index in [4.69, 9.17) is 0 Å². The number of carbonyl (C=O) groups is 1. The number of amides is 1. The number of anilines is 1. The average molecular weight is 326 g/mol. The Bertz CT molecular complexity index is 1030. The van der Waals surface area contributed by atoms with E-state index in [-0.39, 0.29) is 5.91 Å². The molecule has 3 aromatic heterocycles. The molecule has 0 saturated carbocycles. The molecule has 0 aliphatic rings. The lowest BCUT2D eigenvalue weighted by Gasteiger charge is -2.10. The van der Waals surface area contributed by atoms with Crippen molar-refractivity contribution in [3.05, 3.63) is 84.8 Å². The summed E-state index contributed by atoms with van der Waals surface area (Å²) in [7, 11) is 0. The van der Waals surface area contributed by atoms with E-state index in [1.807, 2.05) is 42.5 Å². The Kier molecular flexibility index (Phi) is 3.88. The van der Waals surface area contributed by atoms with Crippen LogP contribution in [0.3, 0.4) is 0 Å². The van der Waals surface area contributed by atoms with Gasteiger partial charge in [-0.15, -0.1) is 0 Å². The molecule has 0 spiro atoms. The lowest BCUT2D eigenvalue weighted by molar-refractivity contribution is 0.102. The Balaban J connectivity index is 1.83. The van der Waals surface area contributed by atoms with Gasteiger partial charge in [0.25, 0.3) is 5.91 Å². The lowest BCUT2D eigenvalue weighted by atomic mass is 10.0. The van der Waals surface area contributed by atoms with Crippen molar-refractivity contribution < 1.29 is 4.79 Å². The topological polar surface area (TPSA) is 67.8 Å². The summed E-state index contributed by atoms with van der Waals surface area (Å²) >= 11 is 0. The van der Waals surface area contributed by atoms with Gasteiger partial charge in [-0.3, -0.25) is 9.78 Å². The first-order valence-electron chi connectivity index (χ1n) is 7.84. The van der Waals surface area contributed by atoms with Crippen LogP contribution in [-0.2, 0) is 0 Å². The molecule has 0 aliphatic carbocycles. The molecular formula is C20H14N4O. The summed E-state index contributed by atoms with van der Waals surface area (Å²) in [5.74, 6) is 0.298. The Morgan fingerprint density at radius 2 is 1.68 bits per heavy atom. The number of pyridine rings is 3. The number of carbonyl (C=O) groups excluding carboxylic acids is 1. The maximum atomic E-state index is 12.8. The van der Waals surface area contributed by atoms with E-state index in [0.29, 0.717) is 11.4 Å². The minimum absolute atomic E-state index is 0.215. The summed E-state index contributed by atoms with van der Waals surface area (Å²) in [4.78, 5) is 25.7. The molecule has 0 fully saturated rings. The number of benzene rings is 1. The largest absolute Gasteiger partial charge is 0.307 e. The van der Waals surface area contributed by atoms with Gasteiger partial charge >= 0.3 is 0 Å². The van der Waals surface area contributed by atoms with E-state index >= 15 is 0 Å². The van der Waals surface area contributed by atoms with Crippen molar-refractivity contribution in [3.8, 4) is 11.3 Å². The first-order valence-corrected chi connectivity index (χ1v) is 7.84. The molecule has 25 heavy (non-hydrogen) atoms. The summed E-state index contributed by atoms with van der Waals surface area (Å²) in [6, 6.07) is 18.5. The van der Waals surface area contributed by atoms with E-state index < -0.39 is 0 Å². The first-order chi connectivity index (χ1) is 12.3. The Hall–Kier alpha value is -3.60. The molecule has 3 heterocycles. The maximum Gasteiger partial charge on any atom is 0.257 e. The summed E-state index contributed by atoms with van der Waals surface area (Å²) in [6.07, 6.45) is 5.06. The molecule has 1 aromatic carbocycles. The molecular weight excluding hydrogens is 312 g/mol. The minimum Gasteiger partial charge on any atom is -0.307 e. The summed E-state index contributed by atoms with van der Waals surface area (Å²) in [5, 5.41) is 3.64. The predicted molar refractivity (Wildman–Crippen MR) is 97.2 cm³/mol. The van der Waals surface area contributed by atoms with Crippen LogP contribution < -0.4 is 5.32 Å². The Morgan fingerprint density at radius 1 is 0.880 bits per heavy atom. The fraction of sp³-hybridized carbons (Fsp3) is 0. The molecule has 1 N–H and O–H groups in total. The molecule has 0 atom stereocenters. The van der Waals surface area contributed by atoms with Crippen LogP contribution in [0.1, 0.15) is 10.4 Å². The summed E-state index contributed by atoms with van der Waals surface area (Å²) in [5.41, 5.74) is 2.96. The molecule has 4 rings (SSSR count). The van der Waals surface area contributed by atoms with Crippen molar-refractivity contribution in [2.75, 3.05) is 5.32 Å². The number of fused-ring (bicyclic) bond motifs is 1. The van der Waals surface area contributed by atoms with Crippen LogP contribution in [0.2, 0.25) is 0 Å². The second kappa shape index (κ2) is 6.49. The quantitative estimate of drug-likeness (QED) is 0.619. The van der Waals surface area contributed by atoms with Crippen molar-refractivity contribution in [3.63, 3.8) is 0 Å². The van der Waals surface area contributed by atoms with Gasteiger partial charge in [-0.05, 0) is 36.4 Å². The smallest absolute Gasteiger partial charge is 0.257 e. The number of hydrogen-bond donors (Lipinski definition) is 1. The normalized spacial score (nSPS) is 10.6. The Morgan fingerprint density at radius 3 is 2.48 bits per heavy atom. The van der Waals surface area contributed by atoms with Gasteiger partial charge in [-0.1, -0.05) is 24.3 Å². The number of rotatable bonds is 3. The van der Waals surface area contributed by atoms with E-state index in [2.05, 4.69) is 20.3 Å². The van der Waals surface area contributed by atoms with Crippen LogP contribution in [-0.4, -0.2) is 20.9 Å². The highest BCUT2D eigenvalue weighted by molar-refractivity contribution is 6.12. The fourth-order valence-electron chi connectivity index (χ4n) is 2.65. The summed E-state index contributed by atoms with van der Waals surface area (Å²) < 4.78 is 0. The summed E-state index contributed by atoms with van der Waals surface area (Å²) in [6.45, 7) is 0. The van der Waals surface area contributed by atoms with Gasteiger partial charge in [-0.2, -0.15) is 0 Å². The monoisotopic (exact) mass is 326 g/mol. The van der Waals surface area contributed by atoms with Gasteiger partial charge in [-0.25, -0.2) is 9.97 Å². The number of nitrogens with zero attached hydrogens (tertiary/aromatic N) is 3. The SMILES string of the molecule is O=C(Nc1ccccn1)c1cc(-c2ccncc2)nc2ccccc12. The van der Waals surface area contributed by atoms with Crippen molar-refractivity contribution >= 4 is 22.6 Å². The highest BCUT2D eigenvalue weighted by atomic mass is 16.1. The van der Waals surface area contributed by atoms with Gasteiger partial charge in [0.2, 0.25) is 0 Å². The fourth-order valence-corrected chi connectivity index (χ4v) is 2.65. The molecule has 1 amide bonds.